The Morgan fingerprint density at radius 3 is 1.97 bits per heavy atom. The van der Waals surface area contributed by atoms with Crippen LogP contribution in [0.15, 0.2) is 30.3 Å². The lowest BCUT2D eigenvalue weighted by molar-refractivity contribution is -0.142. The van der Waals surface area contributed by atoms with Gasteiger partial charge in [0.15, 0.2) is 0 Å². The summed E-state index contributed by atoms with van der Waals surface area (Å²) in [5, 5.41) is 16.0. The monoisotopic (exact) mass is 478 g/mol. The molecule has 0 aliphatic carbocycles. The number of carbonyl (C=O) groups is 6. The Bertz CT molecular complexity index is 908. The molecule has 13 nitrogen and oxygen atoms in total. The van der Waals surface area contributed by atoms with Crippen LogP contribution in [0, 0.1) is 0 Å². The first kappa shape index (κ1) is 28.0. The van der Waals surface area contributed by atoms with E-state index in [0.717, 1.165) is 5.56 Å². The molecule has 1 rings (SSSR count). The second kappa shape index (κ2) is 13.5. The van der Waals surface area contributed by atoms with Gasteiger partial charge in [0.25, 0.3) is 0 Å². The summed E-state index contributed by atoms with van der Waals surface area (Å²) in [7, 11) is 0. The van der Waals surface area contributed by atoms with Crippen LogP contribution in [0.1, 0.15) is 31.7 Å². The molecule has 0 aliphatic rings. The molecule has 0 spiro atoms. The number of nitrogens with one attached hydrogen (secondary N) is 3. The molecule has 13 heteroatoms. The van der Waals surface area contributed by atoms with E-state index < -0.39 is 66.1 Å². The number of primary amides is 2. The number of benzene rings is 1. The topological polar surface area (TPSA) is 237 Å². The Morgan fingerprint density at radius 2 is 1.44 bits per heavy atom. The third-order valence-electron chi connectivity index (χ3n) is 4.72. The molecule has 0 heterocycles. The first-order valence-corrected chi connectivity index (χ1v) is 10.4. The first-order chi connectivity index (χ1) is 15.9. The number of carbonyl (C=O) groups excluding carboxylic acids is 5. The van der Waals surface area contributed by atoms with Gasteiger partial charge in [-0.15, -0.1) is 0 Å². The second-order valence-electron chi connectivity index (χ2n) is 7.66. The average molecular weight is 479 g/mol. The lowest BCUT2D eigenvalue weighted by Gasteiger charge is -2.23. The van der Waals surface area contributed by atoms with Crippen molar-refractivity contribution in [2.75, 3.05) is 0 Å². The van der Waals surface area contributed by atoms with Crippen molar-refractivity contribution in [3.63, 3.8) is 0 Å². The van der Waals surface area contributed by atoms with Crippen molar-refractivity contribution in [2.45, 2.75) is 56.8 Å². The highest BCUT2D eigenvalue weighted by Gasteiger charge is 2.29. The Balaban J connectivity index is 2.76. The fraction of sp³-hybridized carbons (Fsp3) is 0.429. The average Bonchev–Trinajstić information content (AvgIpc) is 2.75. The highest BCUT2D eigenvalue weighted by molar-refractivity contribution is 5.96. The van der Waals surface area contributed by atoms with Crippen LogP contribution in [-0.4, -0.2) is 64.8 Å². The molecule has 0 aliphatic heterocycles. The predicted octanol–water partition coefficient (Wildman–Crippen LogP) is -2.74. The maximum atomic E-state index is 12.6. The van der Waals surface area contributed by atoms with Gasteiger partial charge in [-0.25, -0.2) is 4.79 Å². The molecule has 4 unspecified atom stereocenters. The first-order valence-electron chi connectivity index (χ1n) is 10.4. The smallest absolute Gasteiger partial charge is 0.326 e. The SMILES string of the molecule is CC(NC(=O)C(CC(N)=O)NC(=O)C(N)Cc1ccccc1)C(=O)NC(CCC(N)=O)C(=O)O. The summed E-state index contributed by atoms with van der Waals surface area (Å²) in [6.45, 7) is 1.27. The van der Waals surface area contributed by atoms with E-state index in [1.54, 1.807) is 30.3 Å². The second-order valence-corrected chi connectivity index (χ2v) is 7.66. The number of hydrogen-bond acceptors (Lipinski definition) is 7. The third kappa shape index (κ3) is 10.1. The van der Waals surface area contributed by atoms with Crippen molar-refractivity contribution >= 4 is 35.5 Å². The summed E-state index contributed by atoms with van der Waals surface area (Å²) in [5.74, 6) is -5.48. The fourth-order valence-electron chi connectivity index (χ4n) is 2.87. The van der Waals surface area contributed by atoms with Crippen molar-refractivity contribution in [2.24, 2.45) is 17.2 Å². The molecule has 1 aromatic carbocycles. The molecule has 0 bridgehead atoms. The van der Waals surface area contributed by atoms with Crippen LogP contribution in [0.5, 0.6) is 0 Å². The summed E-state index contributed by atoms with van der Waals surface area (Å²) < 4.78 is 0. The van der Waals surface area contributed by atoms with E-state index in [4.69, 9.17) is 17.2 Å². The minimum atomic E-state index is -1.41. The standard InChI is InChI=1S/C21H30N6O7/c1-11(18(30)26-14(21(33)34)7-8-16(23)28)25-20(32)15(10-17(24)29)27-19(31)13(22)9-12-5-3-2-4-6-12/h2-6,11,13-15H,7-10,22H2,1H3,(H2,23,28)(H2,24,29)(H,25,32)(H,26,30)(H,27,31)(H,33,34). The van der Waals surface area contributed by atoms with E-state index >= 15 is 0 Å². The van der Waals surface area contributed by atoms with Gasteiger partial charge in [-0.2, -0.15) is 0 Å². The molecule has 0 saturated heterocycles. The van der Waals surface area contributed by atoms with E-state index in [0.29, 0.717) is 0 Å². The van der Waals surface area contributed by atoms with Crippen LogP contribution in [-0.2, 0) is 35.2 Å². The Labute approximate surface area is 195 Å². The van der Waals surface area contributed by atoms with Crippen LogP contribution >= 0.6 is 0 Å². The largest absolute Gasteiger partial charge is 0.480 e. The van der Waals surface area contributed by atoms with Crippen LogP contribution in [0.3, 0.4) is 0 Å². The molecule has 10 N–H and O–H groups in total. The van der Waals surface area contributed by atoms with Gasteiger partial charge in [-0.05, 0) is 25.3 Å². The molecule has 4 atom stereocenters. The van der Waals surface area contributed by atoms with Gasteiger partial charge >= 0.3 is 5.97 Å². The van der Waals surface area contributed by atoms with E-state index in [-0.39, 0.29) is 19.3 Å². The van der Waals surface area contributed by atoms with Crippen LogP contribution in [0.2, 0.25) is 0 Å². The molecule has 1 aromatic rings. The highest BCUT2D eigenvalue weighted by Crippen LogP contribution is 2.04. The van der Waals surface area contributed by atoms with E-state index in [1.807, 2.05) is 0 Å². The molecular weight excluding hydrogens is 448 g/mol. The van der Waals surface area contributed by atoms with Gasteiger partial charge in [-0.3, -0.25) is 24.0 Å². The number of hydrogen-bond donors (Lipinski definition) is 7. The molecular formula is C21H30N6O7. The minimum Gasteiger partial charge on any atom is -0.480 e. The quantitative estimate of drug-likeness (QED) is 0.148. The summed E-state index contributed by atoms with van der Waals surface area (Å²) in [6.07, 6.45) is -0.886. The Kier molecular flexibility index (Phi) is 11.2. The van der Waals surface area contributed by atoms with Crippen molar-refractivity contribution < 1.29 is 33.9 Å². The van der Waals surface area contributed by atoms with Crippen LogP contribution < -0.4 is 33.2 Å². The number of amides is 5. The van der Waals surface area contributed by atoms with Crippen molar-refractivity contribution in [1.29, 1.82) is 0 Å². The lowest BCUT2D eigenvalue weighted by atomic mass is 10.0. The van der Waals surface area contributed by atoms with Crippen molar-refractivity contribution in [1.82, 2.24) is 16.0 Å². The molecule has 0 fully saturated rings. The number of rotatable bonds is 14. The zero-order valence-electron chi connectivity index (χ0n) is 18.7. The summed E-state index contributed by atoms with van der Waals surface area (Å²) in [4.78, 5) is 70.9. The third-order valence-corrected chi connectivity index (χ3v) is 4.72. The molecule has 34 heavy (non-hydrogen) atoms. The van der Waals surface area contributed by atoms with E-state index in [9.17, 15) is 33.9 Å². The van der Waals surface area contributed by atoms with Gasteiger partial charge in [0.2, 0.25) is 29.5 Å². The van der Waals surface area contributed by atoms with Gasteiger partial charge in [0.1, 0.15) is 18.1 Å². The molecule has 0 saturated carbocycles. The number of nitrogens with two attached hydrogens (primary N) is 3. The molecule has 5 amide bonds. The zero-order chi connectivity index (χ0) is 25.8. The fourth-order valence-corrected chi connectivity index (χ4v) is 2.87. The van der Waals surface area contributed by atoms with Crippen molar-refractivity contribution in [3.05, 3.63) is 35.9 Å². The van der Waals surface area contributed by atoms with Gasteiger partial charge in [-0.1, -0.05) is 30.3 Å². The molecule has 186 valence electrons. The maximum Gasteiger partial charge on any atom is 0.326 e. The summed E-state index contributed by atoms with van der Waals surface area (Å²) in [5.41, 5.74) is 16.8. The van der Waals surface area contributed by atoms with Gasteiger partial charge < -0.3 is 38.3 Å². The van der Waals surface area contributed by atoms with E-state index in [1.165, 1.54) is 6.92 Å². The Hall–Kier alpha value is -4.00. The zero-order valence-corrected chi connectivity index (χ0v) is 18.7. The van der Waals surface area contributed by atoms with Gasteiger partial charge in [0, 0.05) is 6.42 Å². The van der Waals surface area contributed by atoms with Gasteiger partial charge in [0.05, 0.1) is 12.5 Å². The lowest BCUT2D eigenvalue weighted by Crippen LogP contribution is -2.57. The highest BCUT2D eigenvalue weighted by atomic mass is 16.4. The summed E-state index contributed by atoms with van der Waals surface area (Å²) >= 11 is 0. The minimum absolute atomic E-state index is 0.179. The normalized spacial score (nSPS) is 14.1. The van der Waals surface area contributed by atoms with E-state index in [2.05, 4.69) is 16.0 Å². The predicted molar refractivity (Wildman–Crippen MR) is 119 cm³/mol. The van der Waals surface area contributed by atoms with Crippen LogP contribution in [0.4, 0.5) is 0 Å². The number of carboxylic acids is 1. The number of carboxylic acid groups (broad SMARTS) is 1. The van der Waals surface area contributed by atoms with Crippen molar-refractivity contribution in [3.8, 4) is 0 Å². The molecule has 0 aromatic heterocycles. The maximum absolute atomic E-state index is 12.6. The Morgan fingerprint density at radius 1 is 0.853 bits per heavy atom. The summed E-state index contributed by atoms with van der Waals surface area (Å²) in [6, 6.07) is 3.82. The number of aliphatic carboxylic acids is 1. The van der Waals surface area contributed by atoms with Crippen LogP contribution in [0.25, 0.3) is 0 Å². The molecule has 0 radical (unpaired) electrons.